The molecule has 2 aromatic heterocycles. The molecular formula is C20H21N7O. The molecule has 28 heavy (non-hydrogen) atoms. The molecule has 3 aromatic rings. The van der Waals surface area contributed by atoms with Crippen molar-refractivity contribution >= 4 is 17.7 Å². The topological polar surface area (TPSA) is 87.1 Å². The summed E-state index contributed by atoms with van der Waals surface area (Å²) in [6.45, 7) is 3.61. The van der Waals surface area contributed by atoms with Crippen molar-refractivity contribution in [3.8, 4) is 0 Å². The minimum atomic E-state index is -0.205. The van der Waals surface area contributed by atoms with Crippen LogP contribution in [0.25, 0.3) is 0 Å². The van der Waals surface area contributed by atoms with Crippen LogP contribution in [0.2, 0.25) is 0 Å². The molecule has 1 amide bonds. The molecule has 0 atom stereocenters. The number of anilines is 2. The van der Waals surface area contributed by atoms with Crippen molar-refractivity contribution < 1.29 is 4.79 Å². The van der Waals surface area contributed by atoms with E-state index in [9.17, 15) is 4.79 Å². The Bertz CT molecular complexity index is 912. The zero-order valence-corrected chi connectivity index (χ0v) is 15.4. The van der Waals surface area contributed by atoms with Crippen LogP contribution in [0.4, 0.5) is 11.8 Å². The van der Waals surface area contributed by atoms with Gasteiger partial charge < -0.3 is 15.1 Å². The summed E-state index contributed by atoms with van der Waals surface area (Å²) in [7, 11) is 0. The van der Waals surface area contributed by atoms with E-state index in [1.165, 1.54) is 6.33 Å². The van der Waals surface area contributed by atoms with E-state index in [4.69, 9.17) is 0 Å². The highest BCUT2D eigenvalue weighted by Crippen LogP contribution is 2.16. The average Bonchev–Trinajstić information content (AvgIpc) is 2.79. The Morgan fingerprint density at radius 1 is 0.893 bits per heavy atom. The highest BCUT2D eigenvalue weighted by Gasteiger charge is 2.20. The van der Waals surface area contributed by atoms with Crippen molar-refractivity contribution in [3.63, 3.8) is 0 Å². The summed E-state index contributed by atoms with van der Waals surface area (Å²) >= 11 is 0. The zero-order valence-electron chi connectivity index (χ0n) is 15.4. The minimum absolute atomic E-state index is 0.205. The number of nitrogens with zero attached hydrogens (tertiary/aromatic N) is 6. The molecule has 0 aliphatic carbocycles. The Kier molecular flexibility index (Phi) is 5.37. The Morgan fingerprint density at radius 3 is 2.36 bits per heavy atom. The number of piperazine rings is 1. The van der Waals surface area contributed by atoms with Crippen LogP contribution in [0.5, 0.6) is 0 Å². The van der Waals surface area contributed by atoms with Crippen molar-refractivity contribution in [2.45, 2.75) is 6.54 Å². The number of nitrogens with one attached hydrogen (secondary N) is 1. The quantitative estimate of drug-likeness (QED) is 0.723. The van der Waals surface area contributed by atoms with Crippen LogP contribution in [-0.2, 0) is 6.54 Å². The summed E-state index contributed by atoms with van der Waals surface area (Å²) in [6.07, 6.45) is 4.94. The molecule has 8 heteroatoms. The highest BCUT2D eigenvalue weighted by atomic mass is 16.1. The van der Waals surface area contributed by atoms with E-state index in [2.05, 4.69) is 35.1 Å². The molecule has 1 N–H and O–H groups in total. The van der Waals surface area contributed by atoms with Gasteiger partial charge in [-0.2, -0.15) is 0 Å². The molecule has 0 radical (unpaired) electrons. The van der Waals surface area contributed by atoms with Crippen LogP contribution in [-0.4, -0.2) is 52.0 Å². The predicted octanol–water partition coefficient (Wildman–Crippen LogP) is 1.52. The van der Waals surface area contributed by atoms with Gasteiger partial charge in [-0.25, -0.2) is 19.9 Å². The summed E-state index contributed by atoms with van der Waals surface area (Å²) in [6, 6.07) is 13.4. The SMILES string of the molecule is O=C(NCc1ccccc1)c1cc(N2CCN(c3ncccn3)CC2)ncn1. The van der Waals surface area contributed by atoms with Gasteiger partial charge in [-0.1, -0.05) is 30.3 Å². The van der Waals surface area contributed by atoms with E-state index in [0.717, 1.165) is 43.5 Å². The van der Waals surface area contributed by atoms with Crippen LogP contribution < -0.4 is 15.1 Å². The molecular weight excluding hydrogens is 354 g/mol. The third-order valence-electron chi connectivity index (χ3n) is 4.62. The van der Waals surface area contributed by atoms with E-state index < -0.39 is 0 Å². The fraction of sp³-hybridized carbons (Fsp3) is 0.250. The monoisotopic (exact) mass is 375 g/mol. The molecule has 0 spiro atoms. The maximum Gasteiger partial charge on any atom is 0.270 e. The minimum Gasteiger partial charge on any atom is -0.353 e. The van der Waals surface area contributed by atoms with Gasteiger partial charge >= 0.3 is 0 Å². The van der Waals surface area contributed by atoms with Gasteiger partial charge in [0.25, 0.3) is 5.91 Å². The lowest BCUT2D eigenvalue weighted by atomic mass is 10.2. The molecule has 142 valence electrons. The van der Waals surface area contributed by atoms with Crippen molar-refractivity contribution in [2.24, 2.45) is 0 Å². The Hall–Kier alpha value is -3.55. The van der Waals surface area contributed by atoms with Gasteiger partial charge in [0, 0.05) is 51.2 Å². The normalized spacial score (nSPS) is 14.0. The molecule has 8 nitrogen and oxygen atoms in total. The van der Waals surface area contributed by atoms with E-state index in [1.54, 1.807) is 18.5 Å². The lowest BCUT2D eigenvalue weighted by Gasteiger charge is -2.35. The maximum atomic E-state index is 12.4. The van der Waals surface area contributed by atoms with Gasteiger partial charge in [0.15, 0.2) is 0 Å². The highest BCUT2D eigenvalue weighted by molar-refractivity contribution is 5.92. The molecule has 0 saturated carbocycles. The number of hydrogen-bond donors (Lipinski definition) is 1. The second kappa shape index (κ2) is 8.43. The van der Waals surface area contributed by atoms with Gasteiger partial charge in [0.1, 0.15) is 17.8 Å². The number of carbonyl (C=O) groups is 1. The first kappa shape index (κ1) is 17.8. The molecule has 1 fully saturated rings. The summed E-state index contributed by atoms with van der Waals surface area (Å²) in [5, 5.41) is 2.90. The number of carbonyl (C=O) groups excluding carboxylic acids is 1. The fourth-order valence-corrected chi connectivity index (χ4v) is 3.10. The average molecular weight is 375 g/mol. The molecule has 1 saturated heterocycles. The summed E-state index contributed by atoms with van der Waals surface area (Å²) in [4.78, 5) is 33.8. The van der Waals surface area contributed by atoms with Crippen LogP contribution >= 0.6 is 0 Å². The largest absolute Gasteiger partial charge is 0.353 e. The summed E-state index contributed by atoms with van der Waals surface area (Å²) < 4.78 is 0. The first-order valence-corrected chi connectivity index (χ1v) is 9.21. The molecule has 0 bridgehead atoms. The lowest BCUT2D eigenvalue weighted by Crippen LogP contribution is -2.47. The van der Waals surface area contributed by atoms with Crippen molar-refractivity contribution in [3.05, 3.63) is 72.4 Å². The predicted molar refractivity (Wildman–Crippen MR) is 106 cm³/mol. The third-order valence-corrected chi connectivity index (χ3v) is 4.62. The first-order valence-electron chi connectivity index (χ1n) is 9.21. The molecule has 0 unspecified atom stereocenters. The lowest BCUT2D eigenvalue weighted by molar-refractivity contribution is 0.0945. The van der Waals surface area contributed by atoms with Crippen molar-refractivity contribution in [2.75, 3.05) is 36.0 Å². The Labute approximate surface area is 163 Å². The van der Waals surface area contributed by atoms with Gasteiger partial charge in [-0.05, 0) is 11.6 Å². The second-order valence-electron chi connectivity index (χ2n) is 6.45. The van der Waals surface area contributed by atoms with E-state index in [1.807, 2.05) is 36.4 Å². The maximum absolute atomic E-state index is 12.4. The molecule has 4 rings (SSSR count). The van der Waals surface area contributed by atoms with E-state index in [0.29, 0.717) is 12.2 Å². The van der Waals surface area contributed by atoms with E-state index >= 15 is 0 Å². The fourth-order valence-electron chi connectivity index (χ4n) is 3.10. The van der Waals surface area contributed by atoms with Crippen LogP contribution in [0.1, 0.15) is 16.1 Å². The smallest absolute Gasteiger partial charge is 0.270 e. The Balaban J connectivity index is 1.37. The zero-order chi connectivity index (χ0) is 19.2. The number of aromatic nitrogens is 4. The molecule has 1 aliphatic rings. The van der Waals surface area contributed by atoms with Gasteiger partial charge in [0.05, 0.1) is 0 Å². The summed E-state index contributed by atoms with van der Waals surface area (Å²) in [5.74, 6) is 1.29. The number of rotatable bonds is 5. The van der Waals surface area contributed by atoms with Gasteiger partial charge in [0.2, 0.25) is 5.95 Å². The van der Waals surface area contributed by atoms with Crippen molar-refractivity contribution in [1.82, 2.24) is 25.3 Å². The third kappa shape index (κ3) is 4.22. The van der Waals surface area contributed by atoms with Gasteiger partial charge in [-0.3, -0.25) is 4.79 Å². The first-order chi connectivity index (χ1) is 13.8. The van der Waals surface area contributed by atoms with E-state index in [-0.39, 0.29) is 5.91 Å². The Morgan fingerprint density at radius 2 is 1.61 bits per heavy atom. The van der Waals surface area contributed by atoms with Crippen LogP contribution in [0, 0.1) is 0 Å². The van der Waals surface area contributed by atoms with Crippen LogP contribution in [0.15, 0.2) is 61.2 Å². The standard InChI is InChI=1S/C20H21N7O/c28-19(23-14-16-5-2-1-3-6-16)17-13-18(25-15-24-17)26-9-11-27(12-10-26)20-21-7-4-8-22-20/h1-8,13,15H,9-12,14H2,(H,23,28). The van der Waals surface area contributed by atoms with Crippen LogP contribution in [0.3, 0.4) is 0 Å². The number of amides is 1. The number of hydrogen-bond acceptors (Lipinski definition) is 7. The molecule has 3 heterocycles. The second-order valence-corrected chi connectivity index (χ2v) is 6.45. The molecule has 1 aromatic carbocycles. The number of benzene rings is 1. The van der Waals surface area contributed by atoms with Gasteiger partial charge in [-0.15, -0.1) is 0 Å². The van der Waals surface area contributed by atoms with Crippen molar-refractivity contribution in [1.29, 1.82) is 0 Å². The summed E-state index contributed by atoms with van der Waals surface area (Å²) in [5.41, 5.74) is 1.42. The molecule has 1 aliphatic heterocycles.